The SMILES string of the molecule is CCCC(C)NC(C)COC1CCOC1. The minimum Gasteiger partial charge on any atom is -0.379 e. The minimum atomic E-state index is 0.329. The van der Waals surface area contributed by atoms with Crippen LogP contribution in [0.25, 0.3) is 0 Å². The molecule has 1 aliphatic rings. The predicted molar refractivity (Wildman–Crippen MR) is 62.1 cm³/mol. The maximum absolute atomic E-state index is 5.76. The first-order valence-corrected chi connectivity index (χ1v) is 6.17. The Morgan fingerprint density at radius 3 is 2.80 bits per heavy atom. The van der Waals surface area contributed by atoms with Gasteiger partial charge in [-0.3, -0.25) is 0 Å². The number of hydrogen-bond donors (Lipinski definition) is 1. The molecule has 3 nitrogen and oxygen atoms in total. The molecule has 1 fully saturated rings. The monoisotopic (exact) mass is 215 g/mol. The maximum atomic E-state index is 5.76. The van der Waals surface area contributed by atoms with Crippen molar-refractivity contribution < 1.29 is 9.47 Å². The molecule has 0 amide bonds. The maximum Gasteiger partial charge on any atom is 0.0831 e. The van der Waals surface area contributed by atoms with Gasteiger partial charge in [0.1, 0.15) is 0 Å². The molecule has 1 aliphatic heterocycles. The molecule has 1 N–H and O–H groups in total. The van der Waals surface area contributed by atoms with Gasteiger partial charge in [-0.2, -0.15) is 0 Å². The van der Waals surface area contributed by atoms with Gasteiger partial charge in [0, 0.05) is 18.7 Å². The fraction of sp³-hybridized carbons (Fsp3) is 1.00. The Bertz CT molecular complexity index is 158. The fourth-order valence-electron chi connectivity index (χ4n) is 1.97. The highest BCUT2D eigenvalue weighted by atomic mass is 16.5. The normalized spacial score (nSPS) is 25.4. The topological polar surface area (TPSA) is 30.5 Å². The molecule has 0 saturated carbocycles. The van der Waals surface area contributed by atoms with Crippen LogP contribution in [0.1, 0.15) is 40.0 Å². The Labute approximate surface area is 93.5 Å². The first-order valence-electron chi connectivity index (χ1n) is 6.17. The van der Waals surface area contributed by atoms with Crippen LogP contribution in [0.3, 0.4) is 0 Å². The second-order valence-corrected chi connectivity index (χ2v) is 4.58. The molecule has 0 aromatic heterocycles. The highest BCUT2D eigenvalue weighted by Crippen LogP contribution is 2.08. The molecule has 3 atom stereocenters. The van der Waals surface area contributed by atoms with Crippen LogP contribution in [-0.2, 0) is 9.47 Å². The van der Waals surface area contributed by atoms with Crippen molar-refractivity contribution in [1.29, 1.82) is 0 Å². The van der Waals surface area contributed by atoms with Gasteiger partial charge in [-0.05, 0) is 26.7 Å². The largest absolute Gasteiger partial charge is 0.379 e. The van der Waals surface area contributed by atoms with Crippen molar-refractivity contribution in [1.82, 2.24) is 5.32 Å². The van der Waals surface area contributed by atoms with E-state index in [1.807, 2.05) is 0 Å². The third kappa shape index (κ3) is 5.50. The third-order valence-electron chi connectivity index (χ3n) is 2.76. The van der Waals surface area contributed by atoms with Gasteiger partial charge in [0.2, 0.25) is 0 Å². The summed E-state index contributed by atoms with van der Waals surface area (Å²) in [7, 11) is 0. The molecule has 0 aliphatic carbocycles. The Morgan fingerprint density at radius 2 is 2.20 bits per heavy atom. The average Bonchev–Trinajstić information content (AvgIpc) is 2.67. The van der Waals surface area contributed by atoms with Crippen molar-refractivity contribution in [3.63, 3.8) is 0 Å². The lowest BCUT2D eigenvalue weighted by Crippen LogP contribution is -2.38. The molecular weight excluding hydrogens is 190 g/mol. The Kier molecular flexibility index (Phi) is 6.22. The van der Waals surface area contributed by atoms with E-state index in [4.69, 9.17) is 9.47 Å². The van der Waals surface area contributed by atoms with Crippen molar-refractivity contribution in [2.45, 2.75) is 58.2 Å². The van der Waals surface area contributed by atoms with E-state index in [0.717, 1.165) is 26.2 Å². The van der Waals surface area contributed by atoms with Crippen LogP contribution < -0.4 is 5.32 Å². The van der Waals surface area contributed by atoms with Gasteiger partial charge in [0.05, 0.1) is 19.3 Å². The zero-order chi connectivity index (χ0) is 11.1. The van der Waals surface area contributed by atoms with Crippen molar-refractivity contribution in [3.05, 3.63) is 0 Å². The van der Waals surface area contributed by atoms with E-state index < -0.39 is 0 Å². The van der Waals surface area contributed by atoms with Gasteiger partial charge < -0.3 is 14.8 Å². The molecule has 3 unspecified atom stereocenters. The van der Waals surface area contributed by atoms with Crippen molar-refractivity contribution in [2.24, 2.45) is 0 Å². The molecule has 1 saturated heterocycles. The molecule has 1 rings (SSSR count). The fourth-order valence-corrected chi connectivity index (χ4v) is 1.97. The molecule has 0 bridgehead atoms. The number of rotatable bonds is 7. The quantitative estimate of drug-likeness (QED) is 0.704. The first-order chi connectivity index (χ1) is 7.22. The second kappa shape index (κ2) is 7.20. The zero-order valence-corrected chi connectivity index (χ0v) is 10.3. The minimum absolute atomic E-state index is 0.329. The van der Waals surface area contributed by atoms with Crippen LogP contribution in [-0.4, -0.2) is 38.0 Å². The first kappa shape index (κ1) is 12.9. The zero-order valence-electron chi connectivity index (χ0n) is 10.3. The second-order valence-electron chi connectivity index (χ2n) is 4.58. The standard InChI is InChI=1S/C12H25NO2/c1-4-5-10(2)13-11(3)8-15-12-6-7-14-9-12/h10-13H,4-9H2,1-3H3. The molecule has 3 heteroatoms. The molecule has 0 radical (unpaired) electrons. The predicted octanol–water partition coefficient (Wildman–Crippen LogP) is 1.96. The van der Waals surface area contributed by atoms with Gasteiger partial charge in [0.15, 0.2) is 0 Å². The highest BCUT2D eigenvalue weighted by molar-refractivity contribution is 4.69. The number of hydrogen-bond acceptors (Lipinski definition) is 3. The van der Waals surface area contributed by atoms with E-state index in [0.29, 0.717) is 18.2 Å². The van der Waals surface area contributed by atoms with Crippen molar-refractivity contribution >= 4 is 0 Å². The summed E-state index contributed by atoms with van der Waals surface area (Å²) >= 11 is 0. The van der Waals surface area contributed by atoms with Gasteiger partial charge in [-0.15, -0.1) is 0 Å². The van der Waals surface area contributed by atoms with Crippen LogP contribution in [0, 0.1) is 0 Å². The van der Waals surface area contributed by atoms with Crippen molar-refractivity contribution in [2.75, 3.05) is 19.8 Å². The summed E-state index contributed by atoms with van der Waals surface area (Å²) in [5.74, 6) is 0. The van der Waals surface area contributed by atoms with Gasteiger partial charge >= 0.3 is 0 Å². The molecule has 0 spiro atoms. The number of nitrogens with one attached hydrogen (secondary N) is 1. The highest BCUT2D eigenvalue weighted by Gasteiger charge is 2.17. The molecule has 15 heavy (non-hydrogen) atoms. The van der Waals surface area contributed by atoms with E-state index in [-0.39, 0.29) is 0 Å². The summed E-state index contributed by atoms with van der Waals surface area (Å²) in [6.07, 6.45) is 3.85. The lowest BCUT2D eigenvalue weighted by molar-refractivity contribution is 0.0310. The van der Waals surface area contributed by atoms with E-state index in [9.17, 15) is 0 Å². The third-order valence-corrected chi connectivity index (χ3v) is 2.76. The summed E-state index contributed by atoms with van der Waals surface area (Å²) in [4.78, 5) is 0. The Morgan fingerprint density at radius 1 is 1.40 bits per heavy atom. The summed E-state index contributed by atoms with van der Waals surface area (Å²) in [5, 5.41) is 3.54. The van der Waals surface area contributed by atoms with Crippen LogP contribution >= 0.6 is 0 Å². The van der Waals surface area contributed by atoms with E-state index in [2.05, 4.69) is 26.1 Å². The molecule has 0 aromatic carbocycles. The Hall–Kier alpha value is -0.120. The van der Waals surface area contributed by atoms with E-state index in [1.165, 1.54) is 12.8 Å². The molecule has 1 heterocycles. The van der Waals surface area contributed by atoms with Crippen LogP contribution in [0.15, 0.2) is 0 Å². The summed E-state index contributed by atoms with van der Waals surface area (Å²) < 4.78 is 11.0. The lowest BCUT2D eigenvalue weighted by atomic mass is 10.2. The Balaban J connectivity index is 2.04. The molecule has 90 valence electrons. The summed E-state index contributed by atoms with van der Waals surface area (Å²) in [6.45, 7) is 9.06. The van der Waals surface area contributed by atoms with E-state index in [1.54, 1.807) is 0 Å². The van der Waals surface area contributed by atoms with Gasteiger partial charge in [-0.25, -0.2) is 0 Å². The van der Waals surface area contributed by atoms with Gasteiger partial charge in [0.25, 0.3) is 0 Å². The van der Waals surface area contributed by atoms with Gasteiger partial charge in [-0.1, -0.05) is 13.3 Å². The van der Waals surface area contributed by atoms with Crippen LogP contribution in [0.2, 0.25) is 0 Å². The summed E-state index contributed by atoms with van der Waals surface area (Å²) in [6, 6.07) is 1.03. The number of ether oxygens (including phenoxy) is 2. The summed E-state index contributed by atoms with van der Waals surface area (Å²) in [5.41, 5.74) is 0. The molecular formula is C12H25NO2. The molecule has 0 aromatic rings. The van der Waals surface area contributed by atoms with Crippen LogP contribution in [0.5, 0.6) is 0 Å². The van der Waals surface area contributed by atoms with Crippen LogP contribution in [0.4, 0.5) is 0 Å². The smallest absolute Gasteiger partial charge is 0.0831 e. The van der Waals surface area contributed by atoms with E-state index >= 15 is 0 Å². The average molecular weight is 215 g/mol. The van der Waals surface area contributed by atoms with Crippen molar-refractivity contribution in [3.8, 4) is 0 Å². The lowest BCUT2D eigenvalue weighted by Gasteiger charge is -2.21.